The summed E-state index contributed by atoms with van der Waals surface area (Å²) in [4.78, 5) is 12.1. The number of hydrogen-bond donors (Lipinski definition) is 0. The number of ether oxygens (including phenoxy) is 2. The van der Waals surface area contributed by atoms with Crippen molar-refractivity contribution in [1.82, 2.24) is 0 Å². The fraction of sp³-hybridized carbons (Fsp3) is 0.211. The molecule has 0 radical (unpaired) electrons. The molecule has 2 aromatic rings. The van der Waals surface area contributed by atoms with Crippen molar-refractivity contribution >= 4 is 5.78 Å². The first kappa shape index (κ1) is 15.7. The largest absolute Gasteiger partial charge is 0.497 e. The van der Waals surface area contributed by atoms with Gasteiger partial charge in [0.1, 0.15) is 11.5 Å². The molecule has 22 heavy (non-hydrogen) atoms. The average Bonchev–Trinajstić information content (AvgIpc) is 2.53. The molecule has 0 fully saturated rings. The van der Waals surface area contributed by atoms with Gasteiger partial charge in [0.2, 0.25) is 5.78 Å². The molecular weight excluding hydrogens is 276 g/mol. The molecule has 0 aliphatic heterocycles. The Morgan fingerprint density at radius 1 is 0.909 bits per heavy atom. The summed E-state index contributed by atoms with van der Waals surface area (Å²) in [6.07, 6.45) is 0. The fourth-order valence-corrected chi connectivity index (χ4v) is 2.17. The first-order chi connectivity index (χ1) is 10.5. The Morgan fingerprint density at radius 2 is 1.45 bits per heavy atom. The predicted molar refractivity (Wildman–Crippen MR) is 86.7 cm³/mol. The summed E-state index contributed by atoms with van der Waals surface area (Å²) in [5.41, 5.74) is 3.40. The maximum Gasteiger partial charge on any atom is 0.236 e. The summed E-state index contributed by atoms with van der Waals surface area (Å²) in [6, 6.07) is 10.7. The maximum absolute atomic E-state index is 12.1. The SMILES string of the molecule is COc1ccc(C(=O)C#Cc2c(C)cc(OC)cc2C)cc1. The summed E-state index contributed by atoms with van der Waals surface area (Å²) in [7, 11) is 3.22. The molecule has 2 aromatic carbocycles. The van der Waals surface area contributed by atoms with E-state index in [0.29, 0.717) is 11.3 Å². The van der Waals surface area contributed by atoms with Crippen molar-refractivity contribution in [2.24, 2.45) is 0 Å². The van der Waals surface area contributed by atoms with E-state index in [1.807, 2.05) is 26.0 Å². The van der Waals surface area contributed by atoms with Crippen molar-refractivity contribution in [1.29, 1.82) is 0 Å². The molecule has 0 heterocycles. The zero-order valence-electron chi connectivity index (χ0n) is 13.2. The molecule has 0 saturated carbocycles. The lowest BCUT2D eigenvalue weighted by molar-refractivity contribution is 0.105. The van der Waals surface area contributed by atoms with Gasteiger partial charge in [-0.15, -0.1) is 0 Å². The summed E-state index contributed by atoms with van der Waals surface area (Å²) in [6.45, 7) is 3.91. The van der Waals surface area contributed by atoms with Gasteiger partial charge in [-0.3, -0.25) is 4.79 Å². The van der Waals surface area contributed by atoms with Gasteiger partial charge in [-0.25, -0.2) is 0 Å². The van der Waals surface area contributed by atoms with Gasteiger partial charge in [0.05, 0.1) is 14.2 Å². The van der Waals surface area contributed by atoms with Crippen LogP contribution in [0.25, 0.3) is 0 Å². The van der Waals surface area contributed by atoms with E-state index < -0.39 is 0 Å². The van der Waals surface area contributed by atoms with Crippen molar-refractivity contribution in [2.45, 2.75) is 13.8 Å². The molecular formula is C19H18O3. The molecule has 0 aliphatic rings. The van der Waals surface area contributed by atoms with Crippen molar-refractivity contribution in [2.75, 3.05) is 14.2 Å². The lowest BCUT2D eigenvalue weighted by atomic mass is 10.0. The summed E-state index contributed by atoms with van der Waals surface area (Å²) >= 11 is 0. The third-order valence-electron chi connectivity index (χ3n) is 3.40. The van der Waals surface area contributed by atoms with Crippen LogP contribution in [0.4, 0.5) is 0 Å². The summed E-state index contributed by atoms with van der Waals surface area (Å²) < 4.78 is 10.3. The van der Waals surface area contributed by atoms with E-state index in [4.69, 9.17) is 9.47 Å². The van der Waals surface area contributed by atoms with Gasteiger partial charge in [0.25, 0.3) is 0 Å². The van der Waals surface area contributed by atoms with E-state index in [0.717, 1.165) is 22.4 Å². The Labute approximate surface area is 130 Å². The predicted octanol–water partition coefficient (Wildman–Crippen LogP) is 3.56. The fourth-order valence-electron chi connectivity index (χ4n) is 2.17. The minimum Gasteiger partial charge on any atom is -0.497 e. The van der Waals surface area contributed by atoms with Crippen molar-refractivity contribution in [3.63, 3.8) is 0 Å². The number of hydrogen-bond acceptors (Lipinski definition) is 3. The quantitative estimate of drug-likeness (QED) is 0.641. The van der Waals surface area contributed by atoms with Gasteiger partial charge in [0.15, 0.2) is 0 Å². The van der Waals surface area contributed by atoms with Crippen LogP contribution in [0.2, 0.25) is 0 Å². The molecule has 0 saturated heterocycles. The molecule has 0 amide bonds. The Balaban J connectivity index is 2.27. The van der Waals surface area contributed by atoms with E-state index in [9.17, 15) is 4.79 Å². The second kappa shape index (κ2) is 6.82. The molecule has 2 rings (SSSR count). The highest BCUT2D eigenvalue weighted by Crippen LogP contribution is 2.20. The molecule has 0 unspecified atom stereocenters. The molecule has 3 heteroatoms. The highest BCUT2D eigenvalue weighted by atomic mass is 16.5. The standard InChI is InChI=1S/C19H18O3/c1-13-11-17(22-4)12-14(2)18(13)9-10-19(20)15-5-7-16(21-3)8-6-15/h5-8,11-12H,1-4H3. The van der Waals surface area contributed by atoms with Crippen LogP contribution in [0, 0.1) is 25.7 Å². The van der Waals surface area contributed by atoms with Crippen LogP contribution in [0.3, 0.4) is 0 Å². The van der Waals surface area contributed by atoms with Crippen LogP contribution >= 0.6 is 0 Å². The van der Waals surface area contributed by atoms with Crippen LogP contribution in [0.1, 0.15) is 27.0 Å². The molecule has 0 spiro atoms. The molecule has 3 nitrogen and oxygen atoms in total. The Morgan fingerprint density at radius 3 is 1.95 bits per heavy atom. The first-order valence-electron chi connectivity index (χ1n) is 6.90. The number of methoxy groups -OCH3 is 2. The van der Waals surface area contributed by atoms with Crippen LogP contribution in [0.15, 0.2) is 36.4 Å². The number of aryl methyl sites for hydroxylation is 2. The van der Waals surface area contributed by atoms with Gasteiger partial charge in [-0.2, -0.15) is 0 Å². The molecule has 0 N–H and O–H groups in total. The molecule has 0 aromatic heterocycles. The number of carbonyl (C=O) groups is 1. The zero-order chi connectivity index (χ0) is 16.1. The lowest BCUT2D eigenvalue weighted by Gasteiger charge is -2.06. The van der Waals surface area contributed by atoms with Crippen molar-refractivity contribution in [3.8, 4) is 23.3 Å². The topological polar surface area (TPSA) is 35.5 Å². The van der Waals surface area contributed by atoms with Crippen LogP contribution in [-0.4, -0.2) is 20.0 Å². The van der Waals surface area contributed by atoms with E-state index in [2.05, 4.69) is 11.8 Å². The molecule has 0 bridgehead atoms. The van der Waals surface area contributed by atoms with Crippen molar-refractivity contribution in [3.05, 3.63) is 58.7 Å². The number of rotatable bonds is 3. The summed E-state index contributed by atoms with van der Waals surface area (Å²) in [5.74, 6) is 6.97. The van der Waals surface area contributed by atoms with Gasteiger partial charge in [-0.1, -0.05) is 5.92 Å². The van der Waals surface area contributed by atoms with Crippen molar-refractivity contribution < 1.29 is 14.3 Å². The maximum atomic E-state index is 12.1. The van der Waals surface area contributed by atoms with Gasteiger partial charge >= 0.3 is 0 Å². The van der Waals surface area contributed by atoms with E-state index >= 15 is 0 Å². The van der Waals surface area contributed by atoms with Crippen LogP contribution < -0.4 is 9.47 Å². The number of Topliss-reactive ketones (excluding diaryl/α,β-unsaturated/α-hetero) is 1. The monoisotopic (exact) mass is 294 g/mol. The third-order valence-corrected chi connectivity index (χ3v) is 3.40. The van der Waals surface area contributed by atoms with E-state index in [1.165, 1.54) is 0 Å². The smallest absolute Gasteiger partial charge is 0.236 e. The van der Waals surface area contributed by atoms with Gasteiger partial charge in [0, 0.05) is 11.1 Å². The number of ketones is 1. The minimum atomic E-state index is -0.211. The second-order valence-electron chi connectivity index (χ2n) is 4.94. The Bertz CT molecular complexity index is 723. The lowest BCUT2D eigenvalue weighted by Crippen LogP contribution is -1.96. The highest BCUT2D eigenvalue weighted by molar-refractivity contribution is 6.09. The molecule has 0 atom stereocenters. The molecule has 0 aliphatic carbocycles. The highest BCUT2D eigenvalue weighted by Gasteiger charge is 2.05. The third kappa shape index (κ3) is 3.48. The first-order valence-corrected chi connectivity index (χ1v) is 6.90. The second-order valence-corrected chi connectivity index (χ2v) is 4.94. The Kier molecular flexibility index (Phi) is 4.85. The van der Waals surface area contributed by atoms with Gasteiger partial charge in [-0.05, 0) is 67.3 Å². The van der Waals surface area contributed by atoms with Crippen LogP contribution in [-0.2, 0) is 0 Å². The number of carbonyl (C=O) groups excluding carboxylic acids is 1. The number of benzene rings is 2. The van der Waals surface area contributed by atoms with E-state index in [1.54, 1.807) is 38.5 Å². The van der Waals surface area contributed by atoms with Gasteiger partial charge < -0.3 is 9.47 Å². The Hall–Kier alpha value is -2.73. The average molecular weight is 294 g/mol. The van der Waals surface area contributed by atoms with E-state index in [-0.39, 0.29) is 5.78 Å². The normalized spacial score (nSPS) is 9.64. The summed E-state index contributed by atoms with van der Waals surface area (Å²) in [5, 5.41) is 0. The van der Waals surface area contributed by atoms with Crippen LogP contribution in [0.5, 0.6) is 11.5 Å². The molecule has 112 valence electrons. The minimum absolute atomic E-state index is 0.211. The zero-order valence-corrected chi connectivity index (χ0v) is 13.2.